The zero-order valence-electron chi connectivity index (χ0n) is 12.3. The Morgan fingerprint density at radius 3 is 2.16 bits per heavy atom. The van der Waals surface area contributed by atoms with Crippen molar-refractivity contribution in [2.45, 2.75) is 64.6 Å². The first kappa shape index (κ1) is 14.8. The lowest BCUT2D eigenvalue weighted by atomic mass is 10.1. The van der Waals surface area contributed by atoms with E-state index in [9.17, 15) is 4.79 Å². The van der Waals surface area contributed by atoms with Gasteiger partial charge in [0.1, 0.15) is 18.3 Å². The Labute approximate surface area is 114 Å². The predicted octanol–water partition coefficient (Wildman–Crippen LogP) is 1.54. The molecule has 2 fully saturated rings. The molecule has 0 bridgehead atoms. The highest BCUT2D eigenvalue weighted by molar-refractivity contribution is 5.71. The van der Waals surface area contributed by atoms with Crippen molar-refractivity contribution in [3.8, 4) is 0 Å². The first-order valence-corrected chi connectivity index (χ1v) is 6.89. The minimum absolute atomic E-state index is 0.0900. The second-order valence-corrected chi connectivity index (χ2v) is 6.49. The third-order valence-corrected chi connectivity index (χ3v) is 3.21. The third-order valence-electron chi connectivity index (χ3n) is 3.21. The number of carbonyl (C=O) groups is 1. The molecule has 0 aromatic heterocycles. The van der Waals surface area contributed by atoms with Crippen LogP contribution in [0.25, 0.3) is 0 Å². The molecule has 5 nitrogen and oxygen atoms in total. The number of fused-ring (bicyclic) bond motifs is 1. The van der Waals surface area contributed by atoms with Crippen LogP contribution in [0.2, 0.25) is 0 Å². The minimum atomic E-state index is -0.312. The standard InChI is InChI=1S/C14H24O5/c1-8(2)13(15)18-9-6-16-12-10(7-17-11(9)12)19-14(3,4)5/h8-12H,6-7H2,1-5H3/t9-,10-,11-,12-/m1/s1. The Bertz CT molecular complexity index is 333. The summed E-state index contributed by atoms with van der Waals surface area (Å²) in [5.74, 6) is -0.347. The van der Waals surface area contributed by atoms with Crippen molar-refractivity contribution in [3.63, 3.8) is 0 Å². The van der Waals surface area contributed by atoms with Crippen molar-refractivity contribution in [2.75, 3.05) is 13.2 Å². The summed E-state index contributed by atoms with van der Waals surface area (Å²) in [5, 5.41) is 0. The maximum atomic E-state index is 11.6. The molecule has 0 aromatic rings. The van der Waals surface area contributed by atoms with Gasteiger partial charge in [0.2, 0.25) is 0 Å². The van der Waals surface area contributed by atoms with Gasteiger partial charge in [-0.15, -0.1) is 0 Å². The quantitative estimate of drug-likeness (QED) is 0.729. The van der Waals surface area contributed by atoms with E-state index in [1.54, 1.807) is 0 Å². The molecule has 0 unspecified atom stereocenters. The Morgan fingerprint density at radius 1 is 1.11 bits per heavy atom. The summed E-state index contributed by atoms with van der Waals surface area (Å²) >= 11 is 0. The molecule has 0 saturated carbocycles. The molecular formula is C14H24O5. The van der Waals surface area contributed by atoms with Crippen LogP contribution >= 0.6 is 0 Å². The van der Waals surface area contributed by atoms with E-state index >= 15 is 0 Å². The summed E-state index contributed by atoms with van der Waals surface area (Å²) in [5.41, 5.74) is -0.237. The first-order valence-electron chi connectivity index (χ1n) is 6.89. The smallest absolute Gasteiger partial charge is 0.308 e. The lowest BCUT2D eigenvalue weighted by Crippen LogP contribution is -2.38. The molecule has 4 atom stereocenters. The van der Waals surface area contributed by atoms with Gasteiger partial charge >= 0.3 is 5.97 Å². The van der Waals surface area contributed by atoms with Crippen LogP contribution in [-0.4, -0.2) is 49.2 Å². The van der Waals surface area contributed by atoms with Gasteiger partial charge in [0.15, 0.2) is 6.10 Å². The van der Waals surface area contributed by atoms with Crippen LogP contribution in [0.15, 0.2) is 0 Å². The maximum Gasteiger partial charge on any atom is 0.308 e. The molecule has 0 aliphatic carbocycles. The van der Waals surface area contributed by atoms with Crippen molar-refractivity contribution in [1.29, 1.82) is 0 Å². The van der Waals surface area contributed by atoms with Gasteiger partial charge in [-0.3, -0.25) is 4.79 Å². The average Bonchev–Trinajstić information content (AvgIpc) is 2.81. The number of hydrogen-bond donors (Lipinski definition) is 0. The van der Waals surface area contributed by atoms with Crippen LogP contribution in [0.1, 0.15) is 34.6 Å². The van der Waals surface area contributed by atoms with Crippen LogP contribution < -0.4 is 0 Å². The summed E-state index contributed by atoms with van der Waals surface area (Å²) < 4.78 is 22.7. The van der Waals surface area contributed by atoms with E-state index in [-0.39, 0.29) is 41.9 Å². The fourth-order valence-corrected chi connectivity index (χ4v) is 2.37. The van der Waals surface area contributed by atoms with Crippen molar-refractivity contribution in [1.82, 2.24) is 0 Å². The van der Waals surface area contributed by atoms with Crippen LogP contribution in [0.3, 0.4) is 0 Å². The van der Waals surface area contributed by atoms with Gasteiger partial charge in [0.05, 0.1) is 24.7 Å². The van der Waals surface area contributed by atoms with E-state index in [0.29, 0.717) is 13.2 Å². The maximum absolute atomic E-state index is 11.6. The molecule has 2 aliphatic rings. The Morgan fingerprint density at radius 2 is 1.63 bits per heavy atom. The summed E-state index contributed by atoms with van der Waals surface area (Å²) in [6.45, 7) is 10.5. The highest BCUT2D eigenvalue weighted by atomic mass is 16.7. The lowest BCUT2D eigenvalue weighted by molar-refractivity contribution is -0.157. The van der Waals surface area contributed by atoms with E-state index < -0.39 is 0 Å². The van der Waals surface area contributed by atoms with Gasteiger partial charge in [-0.05, 0) is 20.8 Å². The molecule has 110 valence electrons. The van der Waals surface area contributed by atoms with Crippen molar-refractivity contribution >= 4 is 5.97 Å². The molecule has 0 N–H and O–H groups in total. The molecular weight excluding hydrogens is 248 g/mol. The van der Waals surface area contributed by atoms with Crippen LogP contribution in [-0.2, 0) is 23.7 Å². The zero-order valence-corrected chi connectivity index (χ0v) is 12.3. The lowest BCUT2D eigenvalue weighted by Gasteiger charge is -2.26. The highest BCUT2D eigenvalue weighted by Crippen LogP contribution is 2.32. The normalized spacial score (nSPS) is 34.6. The van der Waals surface area contributed by atoms with Crippen LogP contribution in [0.4, 0.5) is 0 Å². The molecule has 2 heterocycles. The van der Waals surface area contributed by atoms with Gasteiger partial charge in [-0.25, -0.2) is 0 Å². The summed E-state index contributed by atoms with van der Waals surface area (Å²) in [6.07, 6.45) is -0.736. The highest BCUT2D eigenvalue weighted by Gasteiger charge is 2.50. The molecule has 0 radical (unpaired) electrons. The van der Waals surface area contributed by atoms with Gasteiger partial charge in [0.25, 0.3) is 0 Å². The summed E-state index contributed by atoms with van der Waals surface area (Å²) in [7, 11) is 0. The van der Waals surface area contributed by atoms with E-state index in [2.05, 4.69) is 0 Å². The zero-order chi connectivity index (χ0) is 14.2. The van der Waals surface area contributed by atoms with Gasteiger partial charge in [0, 0.05) is 0 Å². The molecule has 19 heavy (non-hydrogen) atoms. The molecule has 0 spiro atoms. The average molecular weight is 272 g/mol. The van der Waals surface area contributed by atoms with E-state index in [1.165, 1.54) is 0 Å². The van der Waals surface area contributed by atoms with Crippen molar-refractivity contribution in [3.05, 3.63) is 0 Å². The second-order valence-electron chi connectivity index (χ2n) is 6.49. The van der Waals surface area contributed by atoms with Gasteiger partial charge in [-0.1, -0.05) is 13.8 Å². The Hall–Kier alpha value is -0.650. The van der Waals surface area contributed by atoms with Crippen LogP contribution in [0.5, 0.6) is 0 Å². The first-order chi connectivity index (χ1) is 8.78. The van der Waals surface area contributed by atoms with Gasteiger partial charge in [-0.2, -0.15) is 0 Å². The minimum Gasteiger partial charge on any atom is -0.457 e. The number of rotatable bonds is 3. The van der Waals surface area contributed by atoms with Crippen LogP contribution in [0, 0.1) is 5.92 Å². The predicted molar refractivity (Wildman–Crippen MR) is 68.8 cm³/mol. The molecule has 5 heteroatoms. The van der Waals surface area contributed by atoms with E-state index in [0.717, 1.165) is 0 Å². The number of carbonyl (C=O) groups excluding carboxylic acids is 1. The van der Waals surface area contributed by atoms with E-state index in [4.69, 9.17) is 18.9 Å². The second kappa shape index (κ2) is 5.38. The number of ether oxygens (including phenoxy) is 4. The van der Waals surface area contributed by atoms with Crippen molar-refractivity contribution in [2.24, 2.45) is 5.92 Å². The molecule has 0 amide bonds. The molecule has 0 aromatic carbocycles. The summed E-state index contributed by atoms with van der Waals surface area (Å²) in [4.78, 5) is 11.6. The monoisotopic (exact) mass is 272 g/mol. The Kier molecular flexibility index (Phi) is 4.18. The number of hydrogen-bond acceptors (Lipinski definition) is 5. The molecule has 2 aliphatic heterocycles. The molecule has 2 saturated heterocycles. The third kappa shape index (κ3) is 3.46. The topological polar surface area (TPSA) is 54.0 Å². The molecule has 2 rings (SSSR count). The summed E-state index contributed by atoms with van der Waals surface area (Å²) in [6, 6.07) is 0. The fourth-order valence-electron chi connectivity index (χ4n) is 2.37. The largest absolute Gasteiger partial charge is 0.457 e. The fraction of sp³-hybridized carbons (Fsp3) is 0.929. The van der Waals surface area contributed by atoms with E-state index in [1.807, 2.05) is 34.6 Å². The Balaban J connectivity index is 1.92. The number of esters is 1. The SMILES string of the molecule is CC(C)C(=O)O[C@@H]1CO[C@H]2[C@@H]1OC[C@H]2OC(C)(C)C. The van der Waals surface area contributed by atoms with Gasteiger partial charge < -0.3 is 18.9 Å². The van der Waals surface area contributed by atoms with Crippen molar-refractivity contribution < 1.29 is 23.7 Å².